The van der Waals surface area contributed by atoms with Gasteiger partial charge in [0.1, 0.15) is 0 Å². The second-order valence-corrected chi connectivity index (χ2v) is 4.45. The molecule has 1 aromatic carbocycles. The molecule has 1 N–H and O–H groups in total. The van der Waals surface area contributed by atoms with E-state index < -0.39 is 0 Å². The summed E-state index contributed by atoms with van der Waals surface area (Å²) in [5.41, 5.74) is 1.18. The van der Waals surface area contributed by atoms with E-state index in [1.165, 1.54) is 5.56 Å². The van der Waals surface area contributed by atoms with Crippen LogP contribution in [0.1, 0.15) is 18.5 Å². The Hall–Kier alpha value is -2.01. The zero-order valence-corrected chi connectivity index (χ0v) is 10.9. The molecule has 1 aromatic heterocycles. The predicted molar refractivity (Wildman–Crippen MR) is 71.2 cm³/mol. The van der Waals surface area contributed by atoms with Gasteiger partial charge in [0.25, 0.3) is 0 Å². The van der Waals surface area contributed by atoms with Crippen molar-refractivity contribution in [1.82, 2.24) is 15.1 Å². The third kappa shape index (κ3) is 2.56. The molecule has 19 heavy (non-hydrogen) atoms. The highest BCUT2D eigenvalue weighted by atomic mass is 16.7. The van der Waals surface area contributed by atoms with Gasteiger partial charge in [-0.2, -0.15) is 5.10 Å². The Labute approximate surface area is 112 Å². The second-order valence-electron chi connectivity index (χ2n) is 4.45. The number of hydrogen-bond acceptors (Lipinski definition) is 4. The number of fused-ring (bicyclic) bond motifs is 1. The SMILES string of the molecule is CCNC(Cn1cccn1)c1ccc2c(c1)OCO2. The number of rotatable bonds is 5. The molecule has 0 aliphatic carbocycles. The molecule has 0 fully saturated rings. The number of hydrogen-bond donors (Lipinski definition) is 1. The number of aromatic nitrogens is 2. The average molecular weight is 259 g/mol. The van der Waals surface area contributed by atoms with Crippen LogP contribution in [0.5, 0.6) is 11.5 Å². The lowest BCUT2D eigenvalue weighted by Crippen LogP contribution is -2.25. The summed E-state index contributed by atoms with van der Waals surface area (Å²) in [5.74, 6) is 1.64. The Morgan fingerprint density at radius 3 is 3.05 bits per heavy atom. The first-order valence-electron chi connectivity index (χ1n) is 6.47. The van der Waals surface area contributed by atoms with E-state index in [2.05, 4.69) is 23.4 Å². The van der Waals surface area contributed by atoms with E-state index in [0.717, 1.165) is 24.6 Å². The molecular weight excluding hydrogens is 242 g/mol. The van der Waals surface area contributed by atoms with Crippen LogP contribution in [-0.2, 0) is 6.54 Å². The Balaban J connectivity index is 1.83. The first-order valence-corrected chi connectivity index (χ1v) is 6.47. The molecule has 5 nitrogen and oxygen atoms in total. The van der Waals surface area contributed by atoms with Crippen molar-refractivity contribution in [2.75, 3.05) is 13.3 Å². The van der Waals surface area contributed by atoms with Crippen molar-refractivity contribution in [1.29, 1.82) is 0 Å². The van der Waals surface area contributed by atoms with Gasteiger partial charge >= 0.3 is 0 Å². The third-order valence-corrected chi connectivity index (χ3v) is 3.18. The standard InChI is InChI=1S/C14H17N3O2/c1-2-15-12(9-17-7-3-6-16-17)11-4-5-13-14(8-11)19-10-18-13/h3-8,12,15H,2,9-10H2,1H3. The van der Waals surface area contributed by atoms with Crippen molar-refractivity contribution in [3.63, 3.8) is 0 Å². The first kappa shape index (κ1) is 12.0. The van der Waals surface area contributed by atoms with Gasteiger partial charge in [-0.05, 0) is 30.3 Å². The van der Waals surface area contributed by atoms with Crippen molar-refractivity contribution in [2.45, 2.75) is 19.5 Å². The summed E-state index contributed by atoms with van der Waals surface area (Å²) in [4.78, 5) is 0. The largest absolute Gasteiger partial charge is 0.454 e. The molecule has 2 heterocycles. The smallest absolute Gasteiger partial charge is 0.231 e. The van der Waals surface area contributed by atoms with Gasteiger partial charge in [0.05, 0.1) is 12.6 Å². The minimum Gasteiger partial charge on any atom is -0.454 e. The first-order chi connectivity index (χ1) is 9.36. The van der Waals surface area contributed by atoms with Crippen molar-refractivity contribution < 1.29 is 9.47 Å². The fourth-order valence-corrected chi connectivity index (χ4v) is 2.26. The Morgan fingerprint density at radius 2 is 2.26 bits per heavy atom. The summed E-state index contributed by atoms with van der Waals surface area (Å²) in [6, 6.07) is 8.22. The zero-order valence-electron chi connectivity index (χ0n) is 10.9. The van der Waals surface area contributed by atoms with Gasteiger partial charge in [0.2, 0.25) is 6.79 Å². The summed E-state index contributed by atoms with van der Waals surface area (Å²) in [7, 11) is 0. The lowest BCUT2D eigenvalue weighted by atomic mass is 10.1. The minimum atomic E-state index is 0.208. The van der Waals surface area contributed by atoms with Crippen LogP contribution in [-0.4, -0.2) is 23.1 Å². The van der Waals surface area contributed by atoms with Crippen LogP contribution in [0.2, 0.25) is 0 Å². The summed E-state index contributed by atoms with van der Waals surface area (Å²) in [6.07, 6.45) is 3.76. The van der Waals surface area contributed by atoms with E-state index in [1.54, 1.807) is 6.20 Å². The highest BCUT2D eigenvalue weighted by Gasteiger charge is 2.17. The van der Waals surface area contributed by atoms with E-state index in [9.17, 15) is 0 Å². The van der Waals surface area contributed by atoms with Crippen molar-refractivity contribution in [3.8, 4) is 11.5 Å². The molecule has 0 bridgehead atoms. The molecule has 1 aliphatic heterocycles. The zero-order chi connectivity index (χ0) is 13.1. The lowest BCUT2D eigenvalue weighted by Gasteiger charge is -2.18. The fourth-order valence-electron chi connectivity index (χ4n) is 2.26. The van der Waals surface area contributed by atoms with Gasteiger partial charge in [0.15, 0.2) is 11.5 Å². The van der Waals surface area contributed by atoms with Gasteiger partial charge in [-0.3, -0.25) is 4.68 Å². The van der Waals surface area contributed by atoms with Crippen LogP contribution in [0.25, 0.3) is 0 Å². The van der Waals surface area contributed by atoms with E-state index in [1.807, 2.05) is 29.1 Å². The maximum Gasteiger partial charge on any atom is 0.231 e. The number of ether oxygens (including phenoxy) is 2. The summed E-state index contributed by atoms with van der Waals surface area (Å²) in [6.45, 7) is 4.10. The molecule has 0 saturated carbocycles. The minimum absolute atomic E-state index is 0.208. The van der Waals surface area contributed by atoms with Crippen molar-refractivity contribution in [2.24, 2.45) is 0 Å². The van der Waals surface area contributed by atoms with Gasteiger partial charge in [0, 0.05) is 12.4 Å². The maximum absolute atomic E-state index is 5.43. The van der Waals surface area contributed by atoms with Crippen LogP contribution < -0.4 is 14.8 Å². The van der Waals surface area contributed by atoms with Gasteiger partial charge in [-0.15, -0.1) is 0 Å². The number of likely N-dealkylation sites (N-methyl/N-ethyl adjacent to an activating group) is 1. The summed E-state index contributed by atoms with van der Waals surface area (Å²) in [5, 5.41) is 7.73. The highest BCUT2D eigenvalue weighted by Crippen LogP contribution is 2.34. The van der Waals surface area contributed by atoms with Gasteiger partial charge in [-0.1, -0.05) is 13.0 Å². The van der Waals surface area contributed by atoms with Crippen LogP contribution in [0.3, 0.4) is 0 Å². The molecule has 0 spiro atoms. The number of nitrogens with one attached hydrogen (secondary N) is 1. The van der Waals surface area contributed by atoms with Crippen molar-refractivity contribution in [3.05, 3.63) is 42.2 Å². The Morgan fingerprint density at radius 1 is 1.37 bits per heavy atom. The van der Waals surface area contributed by atoms with E-state index in [-0.39, 0.29) is 6.04 Å². The molecule has 1 unspecified atom stereocenters. The number of nitrogens with zero attached hydrogens (tertiary/aromatic N) is 2. The molecular formula is C14H17N3O2. The van der Waals surface area contributed by atoms with Gasteiger partial charge < -0.3 is 14.8 Å². The second kappa shape index (κ2) is 5.32. The van der Waals surface area contributed by atoms with Crippen LogP contribution in [0, 0.1) is 0 Å². The molecule has 0 amide bonds. The normalized spacial score (nSPS) is 14.6. The molecule has 1 atom stereocenters. The molecule has 100 valence electrons. The summed E-state index contributed by atoms with van der Waals surface area (Å²) >= 11 is 0. The van der Waals surface area contributed by atoms with E-state index in [0.29, 0.717) is 6.79 Å². The predicted octanol–water partition coefficient (Wildman–Crippen LogP) is 1.96. The quantitative estimate of drug-likeness (QED) is 0.891. The topological polar surface area (TPSA) is 48.3 Å². The summed E-state index contributed by atoms with van der Waals surface area (Å²) < 4.78 is 12.7. The Kier molecular flexibility index (Phi) is 3.37. The molecule has 0 saturated heterocycles. The fraction of sp³-hybridized carbons (Fsp3) is 0.357. The van der Waals surface area contributed by atoms with Crippen LogP contribution >= 0.6 is 0 Å². The maximum atomic E-state index is 5.43. The monoisotopic (exact) mass is 259 g/mol. The van der Waals surface area contributed by atoms with Gasteiger partial charge in [-0.25, -0.2) is 0 Å². The Bertz CT molecular complexity index is 540. The van der Waals surface area contributed by atoms with E-state index in [4.69, 9.17) is 9.47 Å². The van der Waals surface area contributed by atoms with Crippen molar-refractivity contribution >= 4 is 0 Å². The molecule has 3 rings (SSSR count). The molecule has 1 aliphatic rings. The van der Waals surface area contributed by atoms with E-state index >= 15 is 0 Å². The molecule has 2 aromatic rings. The molecule has 0 radical (unpaired) electrons. The highest BCUT2D eigenvalue weighted by molar-refractivity contribution is 5.45. The van der Waals surface area contributed by atoms with Crippen LogP contribution in [0.4, 0.5) is 0 Å². The molecule has 5 heteroatoms. The van der Waals surface area contributed by atoms with Crippen LogP contribution in [0.15, 0.2) is 36.7 Å². The lowest BCUT2D eigenvalue weighted by molar-refractivity contribution is 0.174. The average Bonchev–Trinajstić information content (AvgIpc) is 3.08. The third-order valence-electron chi connectivity index (χ3n) is 3.18. The number of benzene rings is 1.